The number of halogens is 2. The molecule has 1 fully saturated rings. The number of hydrogen-bond acceptors (Lipinski definition) is 2. The van der Waals surface area contributed by atoms with Gasteiger partial charge in [0.05, 0.1) is 6.61 Å². The van der Waals surface area contributed by atoms with Crippen molar-refractivity contribution >= 4 is 11.6 Å². The van der Waals surface area contributed by atoms with Crippen molar-refractivity contribution < 1.29 is 9.13 Å². The zero-order valence-electron chi connectivity index (χ0n) is 12.0. The van der Waals surface area contributed by atoms with Crippen LogP contribution in [0.5, 0.6) is 0 Å². The fourth-order valence-corrected chi connectivity index (χ4v) is 3.43. The SMILES string of the molecule is COCCNCC(c1ccc(F)cc1Cl)C1CCCC1. The zero-order valence-corrected chi connectivity index (χ0v) is 12.8. The Bertz CT molecular complexity index is 421. The van der Waals surface area contributed by atoms with Gasteiger partial charge in [-0.25, -0.2) is 4.39 Å². The number of nitrogens with one attached hydrogen (secondary N) is 1. The van der Waals surface area contributed by atoms with E-state index in [1.807, 2.05) is 6.07 Å². The van der Waals surface area contributed by atoms with Crippen LogP contribution < -0.4 is 5.32 Å². The molecule has 0 radical (unpaired) electrons. The minimum Gasteiger partial charge on any atom is -0.383 e. The van der Waals surface area contributed by atoms with Crippen molar-refractivity contribution in [2.45, 2.75) is 31.6 Å². The van der Waals surface area contributed by atoms with Crippen molar-refractivity contribution in [2.24, 2.45) is 5.92 Å². The quantitative estimate of drug-likeness (QED) is 0.769. The fraction of sp³-hybridized carbons (Fsp3) is 0.625. The van der Waals surface area contributed by atoms with E-state index in [0.717, 1.165) is 18.7 Å². The van der Waals surface area contributed by atoms with E-state index >= 15 is 0 Å². The van der Waals surface area contributed by atoms with Crippen molar-refractivity contribution in [1.29, 1.82) is 0 Å². The maximum Gasteiger partial charge on any atom is 0.124 e. The van der Waals surface area contributed by atoms with Gasteiger partial charge in [-0.3, -0.25) is 0 Å². The summed E-state index contributed by atoms with van der Waals surface area (Å²) < 4.78 is 18.3. The number of ether oxygens (including phenoxy) is 1. The third kappa shape index (κ3) is 4.18. The normalized spacial score (nSPS) is 17.6. The lowest BCUT2D eigenvalue weighted by molar-refractivity contribution is 0.198. The molecule has 0 saturated heterocycles. The highest BCUT2D eigenvalue weighted by molar-refractivity contribution is 6.31. The van der Waals surface area contributed by atoms with Crippen molar-refractivity contribution in [3.63, 3.8) is 0 Å². The average Bonchev–Trinajstić information content (AvgIpc) is 2.94. The maximum absolute atomic E-state index is 13.2. The highest BCUT2D eigenvalue weighted by atomic mass is 35.5. The van der Waals surface area contributed by atoms with Gasteiger partial charge in [-0.2, -0.15) is 0 Å². The second kappa shape index (κ2) is 7.96. The van der Waals surface area contributed by atoms with E-state index in [2.05, 4.69) is 5.32 Å². The first kappa shape index (κ1) is 15.7. The summed E-state index contributed by atoms with van der Waals surface area (Å²) in [7, 11) is 1.70. The van der Waals surface area contributed by atoms with Crippen LogP contribution in [0.1, 0.15) is 37.2 Å². The minimum atomic E-state index is -0.267. The molecule has 112 valence electrons. The summed E-state index contributed by atoms with van der Waals surface area (Å²) >= 11 is 6.25. The van der Waals surface area contributed by atoms with Crippen molar-refractivity contribution in [3.8, 4) is 0 Å². The van der Waals surface area contributed by atoms with Crippen LogP contribution in [0.4, 0.5) is 4.39 Å². The van der Waals surface area contributed by atoms with E-state index in [-0.39, 0.29) is 5.82 Å². The summed E-state index contributed by atoms with van der Waals surface area (Å²) in [6, 6.07) is 4.78. The van der Waals surface area contributed by atoms with Crippen LogP contribution in [0, 0.1) is 11.7 Å². The molecular formula is C16H23ClFNO. The molecule has 2 rings (SSSR count). The third-order valence-corrected chi connectivity index (χ3v) is 4.51. The van der Waals surface area contributed by atoms with Crippen molar-refractivity contribution in [3.05, 3.63) is 34.6 Å². The van der Waals surface area contributed by atoms with Gasteiger partial charge < -0.3 is 10.1 Å². The number of rotatable bonds is 7. The van der Waals surface area contributed by atoms with Crippen LogP contribution in [0.25, 0.3) is 0 Å². The van der Waals surface area contributed by atoms with Gasteiger partial charge in [0.1, 0.15) is 5.82 Å². The summed E-state index contributed by atoms with van der Waals surface area (Å²) in [5, 5.41) is 3.98. The van der Waals surface area contributed by atoms with E-state index in [9.17, 15) is 4.39 Å². The molecule has 1 N–H and O–H groups in total. The molecule has 20 heavy (non-hydrogen) atoms. The Morgan fingerprint density at radius 3 is 2.80 bits per heavy atom. The van der Waals surface area contributed by atoms with E-state index in [0.29, 0.717) is 23.5 Å². The summed E-state index contributed by atoms with van der Waals surface area (Å²) in [6.45, 7) is 2.41. The summed E-state index contributed by atoms with van der Waals surface area (Å²) in [5.74, 6) is 0.742. The Kier molecular flexibility index (Phi) is 6.27. The maximum atomic E-state index is 13.2. The molecule has 0 heterocycles. The minimum absolute atomic E-state index is 0.267. The molecule has 1 atom stereocenters. The smallest absolute Gasteiger partial charge is 0.124 e. The Morgan fingerprint density at radius 2 is 2.15 bits per heavy atom. The van der Waals surface area contributed by atoms with Crippen LogP contribution in [0.15, 0.2) is 18.2 Å². The molecule has 1 aliphatic rings. The molecule has 0 bridgehead atoms. The summed E-state index contributed by atoms with van der Waals surface area (Å²) in [5.41, 5.74) is 1.07. The Morgan fingerprint density at radius 1 is 1.40 bits per heavy atom. The molecule has 1 saturated carbocycles. The molecule has 0 aliphatic heterocycles. The first-order valence-electron chi connectivity index (χ1n) is 7.37. The molecule has 2 nitrogen and oxygen atoms in total. The average molecular weight is 300 g/mol. The van der Waals surface area contributed by atoms with Crippen LogP contribution >= 0.6 is 11.6 Å². The van der Waals surface area contributed by atoms with Gasteiger partial charge in [-0.1, -0.05) is 30.5 Å². The third-order valence-electron chi connectivity index (χ3n) is 4.18. The van der Waals surface area contributed by atoms with E-state index in [4.69, 9.17) is 16.3 Å². The Hall–Kier alpha value is -0.640. The lowest BCUT2D eigenvalue weighted by Crippen LogP contribution is -2.28. The molecule has 1 aliphatic carbocycles. The van der Waals surface area contributed by atoms with E-state index in [1.165, 1.54) is 37.8 Å². The first-order chi connectivity index (χ1) is 9.72. The van der Waals surface area contributed by atoms with Crippen LogP contribution in [0.3, 0.4) is 0 Å². The predicted octanol–water partition coefficient (Wildman–Crippen LogP) is 3.99. The topological polar surface area (TPSA) is 21.3 Å². The molecule has 4 heteroatoms. The standard InChI is InChI=1S/C16H23ClFNO/c1-20-9-8-19-11-15(12-4-2-3-5-12)14-7-6-13(18)10-16(14)17/h6-7,10,12,15,19H,2-5,8-9,11H2,1H3. The van der Waals surface area contributed by atoms with Gasteiger partial charge in [0.25, 0.3) is 0 Å². The Balaban J connectivity index is 2.08. The second-order valence-electron chi connectivity index (χ2n) is 5.51. The molecule has 1 aromatic rings. The molecule has 0 aromatic heterocycles. The van der Waals surface area contributed by atoms with Gasteiger partial charge in [0.15, 0.2) is 0 Å². The van der Waals surface area contributed by atoms with E-state index in [1.54, 1.807) is 7.11 Å². The number of benzene rings is 1. The van der Waals surface area contributed by atoms with Crippen LogP contribution in [0.2, 0.25) is 5.02 Å². The van der Waals surface area contributed by atoms with Crippen molar-refractivity contribution in [1.82, 2.24) is 5.32 Å². The molecule has 0 spiro atoms. The lowest BCUT2D eigenvalue weighted by atomic mass is 9.84. The molecular weight excluding hydrogens is 277 g/mol. The summed E-state index contributed by atoms with van der Waals surface area (Å²) in [6.07, 6.45) is 5.06. The highest BCUT2D eigenvalue weighted by Gasteiger charge is 2.27. The van der Waals surface area contributed by atoms with Gasteiger partial charge >= 0.3 is 0 Å². The van der Waals surface area contributed by atoms with Crippen molar-refractivity contribution in [2.75, 3.05) is 26.8 Å². The van der Waals surface area contributed by atoms with Gasteiger partial charge in [0, 0.05) is 31.1 Å². The highest BCUT2D eigenvalue weighted by Crippen LogP contribution is 2.39. The predicted molar refractivity (Wildman–Crippen MR) is 80.9 cm³/mol. The Labute approximate surface area is 125 Å². The van der Waals surface area contributed by atoms with Crippen LogP contribution in [-0.2, 0) is 4.74 Å². The fourth-order valence-electron chi connectivity index (χ4n) is 3.12. The summed E-state index contributed by atoms with van der Waals surface area (Å²) in [4.78, 5) is 0. The number of hydrogen-bond donors (Lipinski definition) is 1. The van der Waals surface area contributed by atoms with Crippen LogP contribution in [-0.4, -0.2) is 26.8 Å². The zero-order chi connectivity index (χ0) is 14.4. The van der Waals surface area contributed by atoms with Gasteiger partial charge in [-0.15, -0.1) is 0 Å². The largest absolute Gasteiger partial charge is 0.383 e. The van der Waals surface area contributed by atoms with Gasteiger partial charge in [-0.05, 0) is 36.5 Å². The molecule has 1 unspecified atom stereocenters. The number of methoxy groups -OCH3 is 1. The molecule has 0 amide bonds. The first-order valence-corrected chi connectivity index (χ1v) is 7.74. The van der Waals surface area contributed by atoms with Gasteiger partial charge in [0.2, 0.25) is 0 Å². The van der Waals surface area contributed by atoms with E-state index < -0.39 is 0 Å². The second-order valence-corrected chi connectivity index (χ2v) is 5.92. The molecule has 1 aromatic carbocycles. The monoisotopic (exact) mass is 299 g/mol. The lowest BCUT2D eigenvalue weighted by Gasteiger charge is -2.25.